The summed E-state index contributed by atoms with van der Waals surface area (Å²) in [7, 11) is 0. The number of alkyl halides is 6. The van der Waals surface area contributed by atoms with E-state index >= 15 is 0 Å². The molecular weight excluding hydrogens is 464 g/mol. The highest BCUT2D eigenvalue weighted by molar-refractivity contribution is 5.93. The van der Waals surface area contributed by atoms with Crippen LogP contribution in [-0.2, 0) is 22.4 Å². The molecule has 0 saturated heterocycles. The van der Waals surface area contributed by atoms with Crippen LogP contribution < -0.4 is 5.32 Å². The Morgan fingerprint density at radius 2 is 1.94 bits per heavy atom. The lowest BCUT2D eigenvalue weighted by atomic mass is 9.82. The molecule has 3 rings (SSSR count). The second-order valence-electron chi connectivity index (χ2n) is 7.24. The quantitative estimate of drug-likeness (QED) is 0.516. The van der Waals surface area contributed by atoms with Gasteiger partial charge in [-0.3, -0.25) is 14.3 Å². The van der Waals surface area contributed by atoms with Crippen LogP contribution in [0.1, 0.15) is 47.5 Å². The van der Waals surface area contributed by atoms with Crippen LogP contribution >= 0.6 is 0 Å². The van der Waals surface area contributed by atoms with E-state index in [4.69, 9.17) is 4.42 Å². The van der Waals surface area contributed by atoms with Crippen molar-refractivity contribution < 1.29 is 45.0 Å². The van der Waals surface area contributed by atoms with Gasteiger partial charge in [-0.25, -0.2) is 4.98 Å². The van der Waals surface area contributed by atoms with Crippen LogP contribution in [0, 0.1) is 0 Å². The fraction of sp³-hybridized carbons (Fsp3) is 0.556. The summed E-state index contributed by atoms with van der Waals surface area (Å²) in [4.78, 5) is 16.0. The molecule has 0 aromatic carbocycles. The highest BCUT2D eigenvalue weighted by Crippen LogP contribution is 2.40. The van der Waals surface area contributed by atoms with E-state index in [1.807, 2.05) is 0 Å². The Hall–Kier alpha value is -2.94. The Bertz CT molecular complexity index is 964. The van der Waals surface area contributed by atoms with Gasteiger partial charge in [-0.05, 0) is 19.3 Å². The molecule has 1 amide bonds. The molecule has 33 heavy (non-hydrogen) atoms. The second kappa shape index (κ2) is 9.91. The molecule has 2 aromatic heterocycles. The summed E-state index contributed by atoms with van der Waals surface area (Å²) in [6, 6.07) is 0. The molecule has 0 aliphatic heterocycles. The van der Waals surface area contributed by atoms with Crippen molar-refractivity contribution in [2.75, 3.05) is 6.61 Å². The fourth-order valence-corrected chi connectivity index (χ4v) is 3.00. The largest absolute Gasteiger partial charge is 0.522 e. The first-order valence-electron chi connectivity index (χ1n) is 9.66. The van der Waals surface area contributed by atoms with Crippen LogP contribution in [-0.4, -0.2) is 51.1 Å². The minimum Gasteiger partial charge on any atom is -0.425 e. The zero-order chi connectivity index (χ0) is 24.2. The minimum absolute atomic E-state index is 0.0242. The molecule has 1 aliphatic carbocycles. The number of amides is 1. The third-order valence-corrected chi connectivity index (χ3v) is 4.64. The summed E-state index contributed by atoms with van der Waals surface area (Å²) in [5.41, 5.74) is 0.279. The summed E-state index contributed by atoms with van der Waals surface area (Å²) in [6.07, 6.45) is -7.18. The zero-order valence-electron chi connectivity index (χ0n) is 16.9. The number of aryl methyl sites for hydroxylation is 1. The van der Waals surface area contributed by atoms with E-state index in [0.29, 0.717) is 5.70 Å². The van der Waals surface area contributed by atoms with Crippen molar-refractivity contribution in [3.63, 3.8) is 0 Å². The maximum absolute atomic E-state index is 12.2. The molecule has 1 N–H and O–H groups in total. The number of ether oxygens (including phenoxy) is 2. The smallest absolute Gasteiger partial charge is 0.425 e. The molecule has 2 heterocycles. The SMILES string of the molecule is C=C(CCc1nnc(C2CC(OC(F)(F)F)C2)o1)NC(=O)c1cn(CCOC(F)(F)F)cn1. The summed E-state index contributed by atoms with van der Waals surface area (Å²) in [6.45, 7) is 2.93. The van der Waals surface area contributed by atoms with Gasteiger partial charge in [0.1, 0.15) is 5.69 Å². The third-order valence-electron chi connectivity index (χ3n) is 4.64. The van der Waals surface area contributed by atoms with Crippen molar-refractivity contribution in [1.29, 1.82) is 0 Å². The van der Waals surface area contributed by atoms with Gasteiger partial charge in [-0.2, -0.15) is 0 Å². The molecule has 1 saturated carbocycles. The lowest BCUT2D eigenvalue weighted by molar-refractivity contribution is -0.352. The second-order valence-corrected chi connectivity index (χ2v) is 7.24. The van der Waals surface area contributed by atoms with Crippen LogP contribution in [0.4, 0.5) is 26.3 Å². The summed E-state index contributed by atoms with van der Waals surface area (Å²) in [5.74, 6) is -0.457. The van der Waals surface area contributed by atoms with Crippen molar-refractivity contribution in [3.8, 4) is 0 Å². The van der Waals surface area contributed by atoms with E-state index in [-0.39, 0.29) is 55.6 Å². The van der Waals surface area contributed by atoms with Gasteiger partial charge in [0, 0.05) is 30.8 Å². The van der Waals surface area contributed by atoms with Crippen molar-refractivity contribution in [2.45, 2.75) is 57.0 Å². The number of aromatic nitrogens is 4. The van der Waals surface area contributed by atoms with Gasteiger partial charge in [0.25, 0.3) is 5.91 Å². The molecule has 182 valence electrons. The Morgan fingerprint density at radius 1 is 1.21 bits per heavy atom. The number of carbonyl (C=O) groups is 1. The van der Waals surface area contributed by atoms with Crippen LogP contribution in [0.2, 0.25) is 0 Å². The van der Waals surface area contributed by atoms with E-state index in [9.17, 15) is 31.1 Å². The Balaban J connectivity index is 1.38. The number of halogens is 6. The summed E-state index contributed by atoms with van der Waals surface area (Å²) in [5, 5.41) is 10.2. The van der Waals surface area contributed by atoms with Gasteiger partial charge in [0.2, 0.25) is 11.8 Å². The van der Waals surface area contributed by atoms with Crippen molar-refractivity contribution >= 4 is 5.91 Å². The summed E-state index contributed by atoms with van der Waals surface area (Å²) >= 11 is 0. The van der Waals surface area contributed by atoms with Crippen LogP contribution in [0.3, 0.4) is 0 Å². The number of allylic oxidation sites excluding steroid dienone is 1. The molecule has 9 nitrogen and oxygen atoms in total. The molecule has 1 fully saturated rings. The number of imidazole rings is 1. The zero-order valence-corrected chi connectivity index (χ0v) is 16.9. The first-order valence-corrected chi connectivity index (χ1v) is 9.66. The molecular formula is C18H19F6N5O4. The molecule has 0 spiro atoms. The molecule has 0 bridgehead atoms. The maximum atomic E-state index is 12.2. The molecule has 2 aromatic rings. The number of nitrogens with one attached hydrogen (secondary N) is 1. The predicted molar refractivity (Wildman–Crippen MR) is 96.4 cm³/mol. The number of hydrogen-bond acceptors (Lipinski definition) is 7. The first-order chi connectivity index (χ1) is 15.4. The molecule has 1 aliphatic rings. The van der Waals surface area contributed by atoms with E-state index in [1.54, 1.807) is 0 Å². The first kappa shape index (κ1) is 24.7. The fourth-order valence-electron chi connectivity index (χ4n) is 3.00. The Labute approximate surface area is 182 Å². The standard InChI is InChI=1S/C18H19F6N5O4/c1-10(26-15(30)13-8-29(9-25-13)4-5-31-17(19,20)21)2-3-14-27-28-16(32-14)11-6-12(7-11)33-18(22,23)24/h8-9,11-12H,1-7H2,(H,26,30). The molecule has 0 unspecified atom stereocenters. The van der Waals surface area contributed by atoms with Crippen LogP contribution in [0.15, 0.2) is 29.2 Å². The average Bonchev–Trinajstić information content (AvgIpc) is 3.30. The maximum Gasteiger partial charge on any atom is 0.522 e. The number of rotatable bonds is 10. The van der Waals surface area contributed by atoms with Crippen molar-refractivity contribution in [3.05, 3.63) is 42.3 Å². The van der Waals surface area contributed by atoms with Gasteiger partial charge in [-0.15, -0.1) is 36.5 Å². The van der Waals surface area contributed by atoms with E-state index in [1.165, 1.54) is 17.1 Å². The highest BCUT2D eigenvalue weighted by Gasteiger charge is 2.42. The van der Waals surface area contributed by atoms with Gasteiger partial charge in [-0.1, -0.05) is 6.58 Å². The topological polar surface area (TPSA) is 104 Å². The lowest BCUT2D eigenvalue weighted by Gasteiger charge is -2.32. The number of hydrogen-bond donors (Lipinski definition) is 1. The van der Waals surface area contributed by atoms with Gasteiger partial charge in [0.15, 0.2) is 0 Å². The Morgan fingerprint density at radius 3 is 2.61 bits per heavy atom. The van der Waals surface area contributed by atoms with Gasteiger partial charge in [0.05, 0.1) is 19.0 Å². The molecule has 15 heteroatoms. The van der Waals surface area contributed by atoms with E-state index in [2.05, 4.69) is 36.6 Å². The van der Waals surface area contributed by atoms with Gasteiger partial charge < -0.3 is 14.3 Å². The molecule has 0 atom stereocenters. The Kier molecular flexibility index (Phi) is 7.41. The van der Waals surface area contributed by atoms with E-state index < -0.39 is 31.3 Å². The number of carbonyl (C=O) groups excluding carboxylic acids is 1. The number of nitrogens with zero attached hydrogens (tertiary/aromatic N) is 4. The highest BCUT2D eigenvalue weighted by atomic mass is 19.4. The lowest BCUT2D eigenvalue weighted by Crippen LogP contribution is -2.34. The predicted octanol–water partition coefficient (Wildman–Crippen LogP) is 3.46. The van der Waals surface area contributed by atoms with Crippen LogP contribution in [0.25, 0.3) is 0 Å². The minimum atomic E-state index is -4.74. The molecule has 0 radical (unpaired) electrons. The monoisotopic (exact) mass is 483 g/mol. The van der Waals surface area contributed by atoms with E-state index in [0.717, 1.165) is 0 Å². The summed E-state index contributed by atoms with van der Waals surface area (Å²) < 4.78 is 86.7. The van der Waals surface area contributed by atoms with Crippen LogP contribution in [0.5, 0.6) is 0 Å². The third kappa shape index (κ3) is 7.85. The normalized spacial score (nSPS) is 18.7. The van der Waals surface area contributed by atoms with Crippen molar-refractivity contribution in [1.82, 2.24) is 25.1 Å². The van der Waals surface area contributed by atoms with Gasteiger partial charge >= 0.3 is 12.7 Å². The average molecular weight is 483 g/mol. The van der Waals surface area contributed by atoms with Crippen molar-refractivity contribution in [2.24, 2.45) is 0 Å².